The van der Waals surface area contributed by atoms with Crippen LogP contribution < -0.4 is 0 Å². The SMILES string of the molecule is Cc1cc(C2CCCO2)on1. The molecule has 0 amide bonds. The Labute approximate surface area is 65.3 Å². The first kappa shape index (κ1) is 6.85. The molecule has 0 bridgehead atoms. The van der Waals surface area contributed by atoms with E-state index in [0.29, 0.717) is 0 Å². The van der Waals surface area contributed by atoms with Gasteiger partial charge in [-0.15, -0.1) is 0 Å². The highest BCUT2D eigenvalue weighted by atomic mass is 16.5. The van der Waals surface area contributed by atoms with Gasteiger partial charge in [0.2, 0.25) is 0 Å². The molecule has 0 N–H and O–H groups in total. The van der Waals surface area contributed by atoms with Gasteiger partial charge in [0.25, 0.3) is 0 Å². The molecule has 1 aliphatic heterocycles. The zero-order valence-corrected chi connectivity index (χ0v) is 6.54. The fourth-order valence-electron chi connectivity index (χ4n) is 1.34. The minimum absolute atomic E-state index is 0.163. The van der Waals surface area contributed by atoms with Crippen molar-refractivity contribution in [2.75, 3.05) is 6.61 Å². The summed E-state index contributed by atoms with van der Waals surface area (Å²) in [6.45, 7) is 2.77. The number of rotatable bonds is 1. The number of aryl methyl sites for hydroxylation is 1. The lowest BCUT2D eigenvalue weighted by molar-refractivity contribution is 0.0877. The predicted molar refractivity (Wildman–Crippen MR) is 39.2 cm³/mol. The quantitative estimate of drug-likeness (QED) is 0.617. The lowest BCUT2D eigenvalue weighted by Crippen LogP contribution is -1.92. The van der Waals surface area contributed by atoms with Crippen LogP contribution in [0.1, 0.15) is 30.4 Å². The molecular weight excluding hydrogens is 142 g/mol. The summed E-state index contributed by atoms with van der Waals surface area (Å²) in [5.41, 5.74) is 0.926. The van der Waals surface area contributed by atoms with E-state index in [-0.39, 0.29) is 6.10 Å². The number of hydrogen-bond acceptors (Lipinski definition) is 3. The molecule has 60 valence electrons. The van der Waals surface area contributed by atoms with Crippen LogP contribution in [0.15, 0.2) is 10.6 Å². The van der Waals surface area contributed by atoms with E-state index < -0.39 is 0 Å². The molecule has 3 nitrogen and oxygen atoms in total. The highest BCUT2D eigenvalue weighted by molar-refractivity contribution is 5.06. The van der Waals surface area contributed by atoms with Crippen molar-refractivity contribution in [1.82, 2.24) is 5.16 Å². The normalized spacial score (nSPS) is 24.3. The van der Waals surface area contributed by atoms with E-state index in [1.165, 1.54) is 0 Å². The van der Waals surface area contributed by atoms with Crippen molar-refractivity contribution in [2.24, 2.45) is 0 Å². The maximum atomic E-state index is 5.42. The Hall–Kier alpha value is -0.830. The average Bonchev–Trinajstić information content (AvgIpc) is 2.55. The van der Waals surface area contributed by atoms with Gasteiger partial charge in [0, 0.05) is 12.7 Å². The molecule has 1 fully saturated rings. The summed E-state index contributed by atoms with van der Waals surface area (Å²) >= 11 is 0. The Balaban J connectivity index is 2.15. The van der Waals surface area contributed by atoms with Crippen LogP contribution in [0.4, 0.5) is 0 Å². The van der Waals surface area contributed by atoms with Crippen LogP contribution in [-0.2, 0) is 4.74 Å². The van der Waals surface area contributed by atoms with Gasteiger partial charge in [-0.2, -0.15) is 0 Å². The fourth-order valence-corrected chi connectivity index (χ4v) is 1.34. The van der Waals surface area contributed by atoms with Crippen LogP contribution in [0, 0.1) is 6.92 Å². The van der Waals surface area contributed by atoms with Crippen LogP contribution in [-0.4, -0.2) is 11.8 Å². The molecule has 1 unspecified atom stereocenters. The van der Waals surface area contributed by atoms with Crippen molar-refractivity contribution in [2.45, 2.75) is 25.9 Å². The van der Waals surface area contributed by atoms with E-state index in [2.05, 4.69) is 5.16 Å². The molecule has 11 heavy (non-hydrogen) atoms. The number of hydrogen-bond donors (Lipinski definition) is 0. The second kappa shape index (κ2) is 2.66. The van der Waals surface area contributed by atoms with E-state index in [0.717, 1.165) is 30.9 Å². The highest BCUT2D eigenvalue weighted by Gasteiger charge is 2.21. The van der Waals surface area contributed by atoms with E-state index >= 15 is 0 Å². The van der Waals surface area contributed by atoms with Crippen molar-refractivity contribution in [3.8, 4) is 0 Å². The van der Waals surface area contributed by atoms with Gasteiger partial charge in [-0.25, -0.2) is 0 Å². The zero-order valence-electron chi connectivity index (χ0n) is 6.54. The highest BCUT2D eigenvalue weighted by Crippen LogP contribution is 2.28. The molecule has 1 aliphatic rings. The van der Waals surface area contributed by atoms with Crippen molar-refractivity contribution >= 4 is 0 Å². The maximum Gasteiger partial charge on any atom is 0.165 e. The van der Waals surface area contributed by atoms with Gasteiger partial charge >= 0.3 is 0 Å². The Morgan fingerprint density at radius 3 is 3.09 bits per heavy atom. The Morgan fingerprint density at radius 1 is 1.64 bits per heavy atom. The molecule has 0 spiro atoms. The van der Waals surface area contributed by atoms with Gasteiger partial charge in [0.05, 0.1) is 5.69 Å². The van der Waals surface area contributed by atoms with Crippen LogP contribution in [0.2, 0.25) is 0 Å². The first-order chi connectivity index (χ1) is 5.36. The van der Waals surface area contributed by atoms with Gasteiger partial charge in [0.15, 0.2) is 5.76 Å². The molecule has 2 heterocycles. The summed E-state index contributed by atoms with van der Waals surface area (Å²) in [4.78, 5) is 0. The molecular formula is C8H11NO2. The third kappa shape index (κ3) is 1.28. The van der Waals surface area contributed by atoms with Gasteiger partial charge < -0.3 is 9.26 Å². The van der Waals surface area contributed by atoms with E-state index in [9.17, 15) is 0 Å². The van der Waals surface area contributed by atoms with Crippen LogP contribution >= 0.6 is 0 Å². The maximum absolute atomic E-state index is 5.42. The molecule has 0 radical (unpaired) electrons. The molecule has 1 aromatic heterocycles. The third-order valence-electron chi connectivity index (χ3n) is 1.89. The van der Waals surface area contributed by atoms with Gasteiger partial charge in [-0.1, -0.05) is 5.16 Å². The van der Waals surface area contributed by atoms with Crippen molar-refractivity contribution in [1.29, 1.82) is 0 Å². The van der Waals surface area contributed by atoms with Crippen molar-refractivity contribution < 1.29 is 9.26 Å². The smallest absolute Gasteiger partial charge is 0.165 e. The molecule has 0 aromatic carbocycles. The average molecular weight is 153 g/mol. The standard InChI is InChI=1S/C8H11NO2/c1-6-5-8(11-9-6)7-3-2-4-10-7/h5,7H,2-4H2,1H3. The van der Waals surface area contributed by atoms with E-state index in [1.54, 1.807) is 0 Å². The minimum atomic E-state index is 0.163. The molecule has 0 saturated carbocycles. The topological polar surface area (TPSA) is 35.3 Å². The van der Waals surface area contributed by atoms with E-state index in [1.807, 2.05) is 13.0 Å². The summed E-state index contributed by atoms with van der Waals surface area (Å²) in [7, 11) is 0. The second-order valence-electron chi connectivity index (χ2n) is 2.87. The lowest BCUT2D eigenvalue weighted by atomic mass is 10.2. The summed E-state index contributed by atoms with van der Waals surface area (Å²) in [6, 6.07) is 1.94. The third-order valence-corrected chi connectivity index (χ3v) is 1.89. The van der Waals surface area contributed by atoms with E-state index in [4.69, 9.17) is 9.26 Å². The molecule has 2 rings (SSSR count). The lowest BCUT2D eigenvalue weighted by Gasteiger charge is -2.01. The van der Waals surface area contributed by atoms with Crippen LogP contribution in [0.3, 0.4) is 0 Å². The Bertz CT molecular complexity index is 238. The van der Waals surface area contributed by atoms with Gasteiger partial charge in [-0.05, 0) is 19.8 Å². The summed E-state index contributed by atoms with van der Waals surface area (Å²) in [5.74, 6) is 0.875. The summed E-state index contributed by atoms with van der Waals surface area (Å²) in [6.07, 6.45) is 2.36. The monoisotopic (exact) mass is 153 g/mol. The van der Waals surface area contributed by atoms with Crippen LogP contribution in [0.25, 0.3) is 0 Å². The van der Waals surface area contributed by atoms with Crippen LogP contribution in [0.5, 0.6) is 0 Å². The molecule has 0 aliphatic carbocycles. The summed E-state index contributed by atoms with van der Waals surface area (Å²) in [5, 5.41) is 3.81. The van der Waals surface area contributed by atoms with Crippen molar-refractivity contribution in [3.63, 3.8) is 0 Å². The largest absolute Gasteiger partial charge is 0.370 e. The van der Waals surface area contributed by atoms with Crippen molar-refractivity contribution in [3.05, 3.63) is 17.5 Å². The Kier molecular flexibility index (Phi) is 1.66. The zero-order chi connectivity index (χ0) is 7.68. The summed E-state index contributed by atoms with van der Waals surface area (Å²) < 4.78 is 10.5. The molecule has 1 aromatic rings. The number of nitrogens with zero attached hydrogens (tertiary/aromatic N) is 1. The number of ether oxygens (including phenoxy) is 1. The first-order valence-electron chi connectivity index (χ1n) is 3.91. The minimum Gasteiger partial charge on any atom is -0.370 e. The molecule has 3 heteroatoms. The first-order valence-corrected chi connectivity index (χ1v) is 3.91. The van der Waals surface area contributed by atoms with Gasteiger partial charge in [-0.3, -0.25) is 0 Å². The molecule has 1 atom stereocenters. The second-order valence-corrected chi connectivity index (χ2v) is 2.87. The predicted octanol–water partition coefficient (Wildman–Crippen LogP) is 1.83. The number of aromatic nitrogens is 1. The fraction of sp³-hybridized carbons (Fsp3) is 0.625. The Morgan fingerprint density at radius 2 is 2.55 bits per heavy atom. The molecule has 1 saturated heterocycles. The van der Waals surface area contributed by atoms with Gasteiger partial charge in [0.1, 0.15) is 6.10 Å².